The van der Waals surface area contributed by atoms with E-state index in [1.165, 1.54) is 23.0 Å². The fraction of sp³-hybridized carbons (Fsp3) is 0.190. The number of ether oxygens (including phenoxy) is 1. The van der Waals surface area contributed by atoms with Crippen molar-refractivity contribution in [2.75, 3.05) is 6.61 Å². The molecule has 1 aromatic heterocycles. The molecule has 0 saturated carbocycles. The smallest absolute Gasteiger partial charge is 0.320 e. The van der Waals surface area contributed by atoms with Crippen molar-refractivity contribution in [2.45, 2.75) is 20.0 Å². The molecule has 2 aromatic carbocycles. The largest absolute Gasteiger partial charge is 0.494 e. The molecule has 0 bridgehead atoms. The summed E-state index contributed by atoms with van der Waals surface area (Å²) >= 11 is 0. The van der Waals surface area contributed by atoms with E-state index in [0.29, 0.717) is 23.6 Å². The molecule has 8 heteroatoms. The molecule has 0 aliphatic carbocycles. The van der Waals surface area contributed by atoms with Crippen LogP contribution >= 0.6 is 0 Å². The number of hydrogen-bond acceptors (Lipinski definition) is 4. The van der Waals surface area contributed by atoms with Crippen LogP contribution in [0.1, 0.15) is 12.5 Å². The van der Waals surface area contributed by atoms with Gasteiger partial charge in [-0.05, 0) is 37.3 Å². The van der Waals surface area contributed by atoms with Crippen LogP contribution in [0.15, 0.2) is 70.5 Å². The highest BCUT2D eigenvalue weighted by Crippen LogP contribution is 2.13. The molecule has 150 valence electrons. The lowest BCUT2D eigenvalue weighted by Gasteiger charge is -2.10. The van der Waals surface area contributed by atoms with Gasteiger partial charge in [-0.1, -0.05) is 18.2 Å². The summed E-state index contributed by atoms with van der Waals surface area (Å²) in [7, 11) is 0. The molecule has 0 fully saturated rings. The molecule has 3 aromatic rings. The number of rotatable bonds is 7. The average molecular weight is 397 g/mol. The van der Waals surface area contributed by atoms with Crippen molar-refractivity contribution in [3.8, 4) is 11.4 Å². The number of nitrogens with one attached hydrogen (secondary N) is 1. The Kier molecular flexibility index (Phi) is 6.23. The van der Waals surface area contributed by atoms with E-state index in [0.717, 1.165) is 4.57 Å². The molecule has 0 spiro atoms. The summed E-state index contributed by atoms with van der Waals surface area (Å²) in [5.41, 5.74) is -0.771. The van der Waals surface area contributed by atoms with Crippen molar-refractivity contribution in [3.63, 3.8) is 0 Å². The van der Waals surface area contributed by atoms with Crippen LogP contribution in [0.5, 0.6) is 5.75 Å². The standard InChI is InChI=1S/C21H20FN3O4/c1-2-29-17-9-7-16(8-10-17)25-12-11-24(20(27)21(25)28)14-19(26)23-13-15-5-3-4-6-18(15)22/h3-12H,2,13-14H2,1H3,(H,23,26). The third kappa shape index (κ3) is 4.78. The Morgan fingerprint density at radius 1 is 1.03 bits per heavy atom. The van der Waals surface area contributed by atoms with E-state index in [9.17, 15) is 18.8 Å². The SMILES string of the molecule is CCOc1ccc(-n2ccn(CC(=O)NCc3ccccc3F)c(=O)c2=O)cc1. The quantitative estimate of drug-likeness (QED) is 0.617. The van der Waals surface area contributed by atoms with Crippen LogP contribution in [0, 0.1) is 5.82 Å². The Labute approximate surface area is 166 Å². The van der Waals surface area contributed by atoms with Crippen molar-refractivity contribution < 1.29 is 13.9 Å². The monoisotopic (exact) mass is 397 g/mol. The fourth-order valence-electron chi connectivity index (χ4n) is 2.75. The van der Waals surface area contributed by atoms with Gasteiger partial charge in [-0.15, -0.1) is 0 Å². The Morgan fingerprint density at radius 3 is 2.45 bits per heavy atom. The molecule has 0 unspecified atom stereocenters. The second-order valence-electron chi connectivity index (χ2n) is 6.20. The molecule has 0 radical (unpaired) electrons. The van der Waals surface area contributed by atoms with Crippen LogP contribution in [0.2, 0.25) is 0 Å². The van der Waals surface area contributed by atoms with Crippen molar-refractivity contribution in [3.05, 3.63) is 93.0 Å². The number of amides is 1. The minimum absolute atomic E-state index is 0.0104. The molecular formula is C21H20FN3O4. The van der Waals surface area contributed by atoms with Gasteiger partial charge in [-0.3, -0.25) is 23.5 Å². The molecule has 1 N–H and O–H groups in total. The minimum atomic E-state index is -0.831. The van der Waals surface area contributed by atoms with E-state index < -0.39 is 22.8 Å². The number of benzene rings is 2. The van der Waals surface area contributed by atoms with Gasteiger partial charge < -0.3 is 10.1 Å². The molecule has 0 aliphatic heterocycles. The van der Waals surface area contributed by atoms with Crippen LogP contribution in [0.3, 0.4) is 0 Å². The molecule has 7 nitrogen and oxygen atoms in total. The highest BCUT2D eigenvalue weighted by atomic mass is 19.1. The van der Waals surface area contributed by atoms with E-state index >= 15 is 0 Å². The topological polar surface area (TPSA) is 82.3 Å². The number of carbonyl (C=O) groups is 1. The highest BCUT2D eigenvalue weighted by Gasteiger charge is 2.11. The summed E-state index contributed by atoms with van der Waals surface area (Å²) in [6.07, 6.45) is 2.78. The lowest BCUT2D eigenvalue weighted by molar-refractivity contribution is -0.121. The Morgan fingerprint density at radius 2 is 1.76 bits per heavy atom. The highest BCUT2D eigenvalue weighted by molar-refractivity contribution is 5.75. The van der Waals surface area contributed by atoms with Crippen molar-refractivity contribution in [2.24, 2.45) is 0 Å². The van der Waals surface area contributed by atoms with Crippen molar-refractivity contribution in [1.29, 1.82) is 0 Å². The van der Waals surface area contributed by atoms with E-state index in [1.54, 1.807) is 42.5 Å². The predicted molar refractivity (Wildman–Crippen MR) is 106 cm³/mol. The van der Waals surface area contributed by atoms with Gasteiger partial charge >= 0.3 is 11.1 Å². The lowest BCUT2D eigenvalue weighted by atomic mass is 10.2. The summed E-state index contributed by atoms with van der Waals surface area (Å²) < 4.78 is 21.2. The molecule has 1 amide bonds. The molecule has 3 rings (SSSR count). The van der Waals surface area contributed by atoms with Crippen molar-refractivity contribution in [1.82, 2.24) is 14.5 Å². The van der Waals surface area contributed by atoms with Gasteiger partial charge in [-0.25, -0.2) is 4.39 Å². The number of halogens is 1. The molecule has 0 aliphatic rings. The molecule has 1 heterocycles. The van der Waals surface area contributed by atoms with Gasteiger partial charge in [0.2, 0.25) is 5.91 Å². The maximum atomic E-state index is 13.6. The van der Waals surface area contributed by atoms with Gasteiger partial charge in [-0.2, -0.15) is 0 Å². The van der Waals surface area contributed by atoms with E-state index in [1.807, 2.05) is 6.92 Å². The summed E-state index contributed by atoms with van der Waals surface area (Å²) in [4.78, 5) is 36.9. The molecule has 0 saturated heterocycles. The van der Waals surface area contributed by atoms with Gasteiger partial charge in [0.15, 0.2) is 0 Å². The number of nitrogens with zero attached hydrogens (tertiary/aromatic N) is 2. The van der Waals surface area contributed by atoms with Gasteiger partial charge in [0.1, 0.15) is 18.1 Å². The molecule has 29 heavy (non-hydrogen) atoms. The molecule has 0 atom stereocenters. The third-order valence-electron chi connectivity index (χ3n) is 4.23. The van der Waals surface area contributed by atoms with Crippen LogP contribution in [-0.4, -0.2) is 21.6 Å². The average Bonchev–Trinajstić information content (AvgIpc) is 2.72. The van der Waals surface area contributed by atoms with E-state index in [4.69, 9.17) is 4.74 Å². The first-order chi connectivity index (χ1) is 14.0. The second-order valence-corrected chi connectivity index (χ2v) is 6.20. The van der Waals surface area contributed by atoms with Gasteiger partial charge in [0.25, 0.3) is 0 Å². The number of carbonyl (C=O) groups excluding carboxylic acids is 1. The summed E-state index contributed by atoms with van der Waals surface area (Å²) in [5.74, 6) is -0.277. The second kappa shape index (κ2) is 9.01. The van der Waals surface area contributed by atoms with Crippen LogP contribution in [0.25, 0.3) is 5.69 Å². The zero-order valence-corrected chi connectivity index (χ0v) is 15.8. The van der Waals surface area contributed by atoms with Crippen LogP contribution < -0.4 is 21.2 Å². The van der Waals surface area contributed by atoms with Crippen molar-refractivity contribution >= 4 is 5.91 Å². The number of hydrogen-bond donors (Lipinski definition) is 1. The summed E-state index contributed by atoms with van der Waals surface area (Å²) in [6.45, 7) is 2.04. The summed E-state index contributed by atoms with van der Waals surface area (Å²) in [5, 5.41) is 2.54. The predicted octanol–water partition coefficient (Wildman–Crippen LogP) is 1.85. The Balaban J connectivity index is 1.72. The van der Waals surface area contributed by atoms with E-state index in [-0.39, 0.29) is 13.1 Å². The van der Waals surface area contributed by atoms with Crippen LogP contribution in [0.4, 0.5) is 4.39 Å². The minimum Gasteiger partial charge on any atom is -0.494 e. The third-order valence-corrected chi connectivity index (χ3v) is 4.23. The first-order valence-electron chi connectivity index (χ1n) is 9.05. The van der Waals surface area contributed by atoms with Gasteiger partial charge in [0.05, 0.1) is 6.61 Å². The number of aromatic nitrogens is 2. The lowest BCUT2D eigenvalue weighted by Crippen LogP contribution is -2.42. The summed E-state index contributed by atoms with van der Waals surface area (Å²) in [6, 6.07) is 12.8. The first-order valence-corrected chi connectivity index (χ1v) is 9.05. The maximum absolute atomic E-state index is 13.6. The zero-order valence-electron chi connectivity index (χ0n) is 15.8. The van der Waals surface area contributed by atoms with Gasteiger partial charge in [0, 0.05) is 30.2 Å². The van der Waals surface area contributed by atoms with Crippen LogP contribution in [-0.2, 0) is 17.9 Å². The zero-order chi connectivity index (χ0) is 20.8. The normalized spacial score (nSPS) is 10.6. The fourth-order valence-corrected chi connectivity index (χ4v) is 2.75. The van der Waals surface area contributed by atoms with E-state index in [2.05, 4.69) is 5.32 Å². The Hall–Kier alpha value is -3.68. The molecular weight excluding hydrogens is 377 g/mol. The first kappa shape index (κ1) is 20.1. The Bertz CT molecular complexity index is 1120. The maximum Gasteiger partial charge on any atom is 0.320 e.